The number of rotatable bonds is 6. The van der Waals surface area contributed by atoms with Crippen LogP contribution < -0.4 is 10.6 Å². The van der Waals surface area contributed by atoms with Gasteiger partial charge in [0.2, 0.25) is 5.91 Å². The second-order valence-electron chi connectivity index (χ2n) is 8.01. The second-order valence-corrected chi connectivity index (χ2v) is 8.01. The molecule has 2 N–H and O–H groups in total. The van der Waals surface area contributed by atoms with Crippen LogP contribution in [0.2, 0.25) is 0 Å². The van der Waals surface area contributed by atoms with Crippen molar-refractivity contribution in [2.24, 2.45) is 0 Å². The molecule has 2 amide bonds. The van der Waals surface area contributed by atoms with Gasteiger partial charge in [-0.25, -0.2) is 9.97 Å². The summed E-state index contributed by atoms with van der Waals surface area (Å²) in [6.45, 7) is 3.50. The van der Waals surface area contributed by atoms with E-state index in [1.807, 2.05) is 72.8 Å². The fourth-order valence-corrected chi connectivity index (χ4v) is 3.86. The lowest BCUT2D eigenvalue weighted by molar-refractivity contribution is -0.111. The van der Waals surface area contributed by atoms with E-state index < -0.39 is 0 Å². The van der Waals surface area contributed by atoms with Crippen LogP contribution >= 0.6 is 0 Å². The molecule has 7 nitrogen and oxygen atoms in total. The molecule has 174 valence electrons. The number of benzene rings is 3. The van der Waals surface area contributed by atoms with Gasteiger partial charge in [0.25, 0.3) is 5.91 Å². The van der Waals surface area contributed by atoms with Gasteiger partial charge in [-0.1, -0.05) is 43.0 Å². The van der Waals surface area contributed by atoms with Gasteiger partial charge in [0.05, 0.1) is 5.52 Å². The standard InChI is InChI=1S/C29H21N5O2/c1-2-27(35)33-24-10-6-7-19(14-24)25-15-21(13-22-16-30-18-32-28(22)25)20-11-12-26(31-17-20)29(36)34-23-8-4-3-5-9-23/h2-18H,1H2,(H,33,35)(H,34,36). The number of pyridine rings is 1. The third-order valence-corrected chi connectivity index (χ3v) is 5.59. The topological polar surface area (TPSA) is 96.9 Å². The first-order valence-electron chi connectivity index (χ1n) is 11.2. The quantitative estimate of drug-likeness (QED) is 0.308. The Morgan fingerprint density at radius 1 is 0.750 bits per heavy atom. The molecular weight excluding hydrogens is 450 g/mol. The van der Waals surface area contributed by atoms with Crippen molar-refractivity contribution in [2.75, 3.05) is 10.6 Å². The highest BCUT2D eigenvalue weighted by Gasteiger charge is 2.12. The molecule has 36 heavy (non-hydrogen) atoms. The fraction of sp³-hybridized carbons (Fsp3) is 0. The summed E-state index contributed by atoms with van der Waals surface area (Å²) in [5, 5.41) is 6.49. The number of carbonyl (C=O) groups is 2. The third kappa shape index (κ3) is 4.85. The summed E-state index contributed by atoms with van der Waals surface area (Å²) in [6, 6.07) is 24.3. The zero-order chi connectivity index (χ0) is 24.9. The monoisotopic (exact) mass is 471 g/mol. The zero-order valence-electron chi connectivity index (χ0n) is 19.2. The Labute approximate surface area is 207 Å². The highest BCUT2D eigenvalue weighted by molar-refractivity contribution is 6.03. The molecule has 0 atom stereocenters. The third-order valence-electron chi connectivity index (χ3n) is 5.59. The SMILES string of the molecule is C=CC(=O)Nc1cccc(-c2cc(-c3ccc(C(=O)Nc4ccccc4)nc3)cc3cncnc23)c1. The molecule has 0 radical (unpaired) electrons. The lowest BCUT2D eigenvalue weighted by Gasteiger charge is -2.12. The van der Waals surface area contributed by atoms with Crippen molar-refractivity contribution in [3.63, 3.8) is 0 Å². The molecule has 0 aliphatic heterocycles. The lowest BCUT2D eigenvalue weighted by Crippen LogP contribution is -2.13. The highest BCUT2D eigenvalue weighted by Crippen LogP contribution is 2.33. The summed E-state index contributed by atoms with van der Waals surface area (Å²) in [7, 11) is 0. The van der Waals surface area contributed by atoms with Crippen molar-refractivity contribution in [3.05, 3.63) is 116 Å². The first-order chi connectivity index (χ1) is 17.6. The Morgan fingerprint density at radius 2 is 1.58 bits per heavy atom. The van der Waals surface area contributed by atoms with Gasteiger partial charge in [-0.15, -0.1) is 0 Å². The molecule has 0 fully saturated rings. The summed E-state index contributed by atoms with van der Waals surface area (Å²) in [5.41, 5.74) is 5.97. The van der Waals surface area contributed by atoms with Gasteiger partial charge >= 0.3 is 0 Å². The number of hydrogen-bond acceptors (Lipinski definition) is 5. The summed E-state index contributed by atoms with van der Waals surface area (Å²) in [5.74, 6) is -0.561. The van der Waals surface area contributed by atoms with Crippen molar-refractivity contribution in [3.8, 4) is 22.3 Å². The van der Waals surface area contributed by atoms with E-state index in [2.05, 4.69) is 32.2 Å². The van der Waals surface area contributed by atoms with Crippen molar-refractivity contribution in [1.82, 2.24) is 15.0 Å². The summed E-state index contributed by atoms with van der Waals surface area (Å²) in [6.07, 6.45) is 6.17. The minimum absolute atomic E-state index is 0.279. The van der Waals surface area contributed by atoms with Crippen molar-refractivity contribution >= 4 is 34.1 Å². The summed E-state index contributed by atoms with van der Waals surface area (Å²) in [4.78, 5) is 37.4. The van der Waals surface area contributed by atoms with Crippen LogP contribution in [0.3, 0.4) is 0 Å². The number of anilines is 2. The van der Waals surface area contributed by atoms with Crippen LogP contribution in [0.25, 0.3) is 33.2 Å². The average Bonchev–Trinajstić information content (AvgIpc) is 2.93. The molecule has 0 spiro atoms. The van der Waals surface area contributed by atoms with Crippen LogP contribution in [0.1, 0.15) is 10.5 Å². The first kappa shape index (κ1) is 22.6. The second kappa shape index (κ2) is 9.99. The van der Waals surface area contributed by atoms with E-state index in [1.165, 1.54) is 12.4 Å². The Kier molecular flexibility index (Phi) is 6.27. The van der Waals surface area contributed by atoms with E-state index in [4.69, 9.17) is 0 Å². The van der Waals surface area contributed by atoms with Crippen molar-refractivity contribution < 1.29 is 9.59 Å². The van der Waals surface area contributed by atoms with Crippen molar-refractivity contribution in [2.45, 2.75) is 0 Å². The van der Waals surface area contributed by atoms with Crippen LogP contribution in [0, 0.1) is 0 Å². The first-order valence-corrected chi connectivity index (χ1v) is 11.2. The number of nitrogens with zero attached hydrogens (tertiary/aromatic N) is 3. The van der Waals surface area contributed by atoms with E-state index in [-0.39, 0.29) is 11.8 Å². The van der Waals surface area contributed by atoms with Gasteiger partial charge in [-0.2, -0.15) is 0 Å². The minimum atomic E-state index is -0.282. The molecule has 0 saturated carbocycles. The van der Waals surface area contributed by atoms with E-state index in [0.29, 0.717) is 17.1 Å². The molecule has 7 heteroatoms. The average molecular weight is 472 g/mol. The number of aromatic nitrogens is 3. The Balaban J connectivity index is 1.50. The molecular formula is C29H21N5O2. The van der Waals surface area contributed by atoms with Gasteiger partial charge in [0.15, 0.2) is 0 Å². The van der Waals surface area contributed by atoms with E-state index in [0.717, 1.165) is 33.2 Å². The van der Waals surface area contributed by atoms with Gasteiger partial charge in [0.1, 0.15) is 12.0 Å². The Bertz CT molecular complexity index is 1580. The number of para-hydroxylation sites is 1. The molecule has 0 unspecified atom stereocenters. The van der Waals surface area contributed by atoms with Crippen LogP contribution in [0.4, 0.5) is 11.4 Å². The molecule has 0 saturated heterocycles. The molecule has 2 aromatic heterocycles. The normalized spacial score (nSPS) is 10.6. The molecule has 0 aliphatic rings. The predicted molar refractivity (Wildman–Crippen MR) is 141 cm³/mol. The number of amides is 2. The van der Waals surface area contributed by atoms with Crippen LogP contribution in [-0.4, -0.2) is 26.8 Å². The van der Waals surface area contributed by atoms with Crippen LogP contribution in [0.15, 0.2) is 110 Å². The minimum Gasteiger partial charge on any atom is -0.323 e. The van der Waals surface area contributed by atoms with Gasteiger partial charge < -0.3 is 10.6 Å². The number of hydrogen-bond donors (Lipinski definition) is 2. The Hall–Kier alpha value is -5.17. The molecule has 5 rings (SSSR count). The molecule has 0 bridgehead atoms. The van der Waals surface area contributed by atoms with E-state index >= 15 is 0 Å². The van der Waals surface area contributed by atoms with Gasteiger partial charge in [0, 0.05) is 40.3 Å². The molecule has 0 aliphatic carbocycles. The summed E-state index contributed by atoms with van der Waals surface area (Å²) >= 11 is 0. The largest absolute Gasteiger partial charge is 0.323 e. The predicted octanol–water partition coefficient (Wildman–Crippen LogP) is 5.74. The molecule has 2 heterocycles. The number of carbonyl (C=O) groups excluding carboxylic acids is 2. The molecule has 5 aromatic rings. The Morgan fingerprint density at radius 3 is 2.36 bits per heavy atom. The summed E-state index contributed by atoms with van der Waals surface area (Å²) < 4.78 is 0. The van der Waals surface area contributed by atoms with Crippen LogP contribution in [0.5, 0.6) is 0 Å². The highest BCUT2D eigenvalue weighted by atomic mass is 16.2. The van der Waals surface area contributed by atoms with Gasteiger partial charge in [-0.3, -0.25) is 14.6 Å². The maximum absolute atomic E-state index is 12.6. The lowest BCUT2D eigenvalue weighted by atomic mass is 9.96. The maximum Gasteiger partial charge on any atom is 0.274 e. The number of nitrogens with one attached hydrogen (secondary N) is 2. The fourth-order valence-electron chi connectivity index (χ4n) is 3.86. The zero-order valence-corrected chi connectivity index (χ0v) is 19.2. The van der Waals surface area contributed by atoms with Crippen LogP contribution in [-0.2, 0) is 4.79 Å². The van der Waals surface area contributed by atoms with E-state index in [9.17, 15) is 9.59 Å². The maximum atomic E-state index is 12.6. The molecule has 3 aromatic carbocycles. The smallest absolute Gasteiger partial charge is 0.274 e. The van der Waals surface area contributed by atoms with Crippen molar-refractivity contribution in [1.29, 1.82) is 0 Å². The van der Waals surface area contributed by atoms with Gasteiger partial charge in [-0.05, 0) is 59.7 Å². The van der Waals surface area contributed by atoms with E-state index in [1.54, 1.807) is 18.5 Å². The number of fused-ring (bicyclic) bond motifs is 1.